The largest absolute Gasteiger partial charge is 0.353 e. The molecule has 1 N–H and O–H groups in total. The molecule has 3 aliphatic heterocycles. The van der Waals surface area contributed by atoms with Crippen molar-refractivity contribution in [3.05, 3.63) is 0 Å². The topological polar surface area (TPSA) is 52.7 Å². The first-order valence-corrected chi connectivity index (χ1v) is 7.96. The molecule has 3 rings (SSSR count). The Labute approximate surface area is 120 Å². The smallest absolute Gasteiger partial charge is 0.320 e. The van der Waals surface area contributed by atoms with Crippen molar-refractivity contribution in [2.24, 2.45) is 11.8 Å². The number of carbonyl (C=O) groups excluding carboxylic acids is 2. The number of carbonyl (C=O) groups is 2. The van der Waals surface area contributed by atoms with Crippen molar-refractivity contribution in [1.29, 1.82) is 0 Å². The number of urea groups is 1. The maximum atomic E-state index is 12.6. The van der Waals surface area contributed by atoms with Crippen LogP contribution in [0.3, 0.4) is 0 Å². The lowest BCUT2D eigenvalue weighted by atomic mass is 9.85. The molecule has 0 aromatic carbocycles. The number of hydrogen-bond acceptors (Lipinski definition) is 2. The predicted octanol–water partition coefficient (Wildman–Crippen LogP) is 1.44. The van der Waals surface area contributed by atoms with Gasteiger partial charge in [-0.2, -0.15) is 0 Å². The van der Waals surface area contributed by atoms with Gasteiger partial charge < -0.3 is 15.1 Å². The average molecular weight is 279 g/mol. The molecule has 0 radical (unpaired) electrons. The predicted molar refractivity (Wildman–Crippen MR) is 76.2 cm³/mol. The normalized spacial score (nSPS) is 31.8. The van der Waals surface area contributed by atoms with Gasteiger partial charge in [-0.25, -0.2) is 4.79 Å². The molecule has 112 valence electrons. The fraction of sp³-hybridized carbons (Fsp3) is 0.867. The van der Waals surface area contributed by atoms with Crippen LogP contribution >= 0.6 is 0 Å². The van der Waals surface area contributed by atoms with Gasteiger partial charge in [-0.3, -0.25) is 4.79 Å². The zero-order valence-electron chi connectivity index (χ0n) is 12.3. The van der Waals surface area contributed by atoms with Crippen molar-refractivity contribution in [2.75, 3.05) is 26.2 Å². The van der Waals surface area contributed by atoms with Crippen LogP contribution in [0.25, 0.3) is 0 Å². The Balaban J connectivity index is 1.56. The molecule has 3 saturated heterocycles. The summed E-state index contributed by atoms with van der Waals surface area (Å²) in [7, 11) is 0. The highest BCUT2D eigenvalue weighted by atomic mass is 16.2. The molecule has 2 atom stereocenters. The molecule has 0 aromatic rings. The van der Waals surface area contributed by atoms with Crippen molar-refractivity contribution in [3.63, 3.8) is 0 Å². The highest BCUT2D eigenvalue weighted by Crippen LogP contribution is 2.26. The molecule has 3 heterocycles. The molecule has 0 aliphatic carbocycles. The number of piperidine rings is 3. The molecular weight excluding hydrogens is 254 g/mol. The van der Waals surface area contributed by atoms with E-state index in [4.69, 9.17) is 0 Å². The molecule has 2 unspecified atom stereocenters. The summed E-state index contributed by atoms with van der Waals surface area (Å²) in [6.07, 6.45) is 4.71. The number of nitrogens with one attached hydrogen (secondary N) is 1. The van der Waals surface area contributed by atoms with Gasteiger partial charge in [0.25, 0.3) is 0 Å². The summed E-state index contributed by atoms with van der Waals surface area (Å²) < 4.78 is 0. The maximum Gasteiger partial charge on any atom is 0.320 e. The van der Waals surface area contributed by atoms with Crippen LogP contribution in [0.15, 0.2) is 0 Å². The molecule has 5 heteroatoms. The second-order valence-corrected chi connectivity index (χ2v) is 6.66. The standard InChI is InChI=1S/C15H25N3O2/c1-11-4-7-17(8-5-11)15(20)18-9-6-13-12(10-18)2-3-14(19)16-13/h11-13H,2-10H2,1H3,(H,16,19). The zero-order chi connectivity index (χ0) is 14.1. The summed E-state index contributed by atoms with van der Waals surface area (Å²) >= 11 is 0. The van der Waals surface area contributed by atoms with Gasteiger partial charge in [0.05, 0.1) is 0 Å². The van der Waals surface area contributed by atoms with E-state index < -0.39 is 0 Å². The van der Waals surface area contributed by atoms with E-state index in [1.807, 2.05) is 9.80 Å². The highest BCUT2D eigenvalue weighted by Gasteiger charge is 2.36. The van der Waals surface area contributed by atoms with Crippen molar-refractivity contribution < 1.29 is 9.59 Å². The monoisotopic (exact) mass is 279 g/mol. The lowest BCUT2D eigenvalue weighted by Crippen LogP contribution is -2.57. The number of fused-ring (bicyclic) bond motifs is 1. The number of likely N-dealkylation sites (tertiary alicyclic amines) is 2. The van der Waals surface area contributed by atoms with Gasteiger partial charge in [-0.15, -0.1) is 0 Å². The van der Waals surface area contributed by atoms with Gasteiger partial charge in [0.2, 0.25) is 5.91 Å². The third kappa shape index (κ3) is 2.76. The van der Waals surface area contributed by atoms with Gasteiger partial charge in [0.1, 0.15) is 0 Å². The van der Waals surface area contributed by atoms with Crippen LogP contribution in [-0.4, -0.2) is 54.0 Å². The van der Waals surface area contributed by atoms with Crippen molar-refractivity contribution >= 4 is 11.9 Å². The van der Waals surface area contributed by atoms with Crippen LogP contribution < -0.4 is 5.32 Å². The van der Waals surface area contributed by atoms with E-state index in [0.29, 0.717) is 18.4 Å². The van der Waals surface area contributed by atoms with E-state index in [1.54, 1.807) is 0 Å². The van der Waals surface area contributed by atoms with E-state index in [2.05, 4.69) is 12.2 Å². The fourth-order valence-electron chi connectivity index (χ4n) is 3.68. The molecule has 3 aliphatic rings. The Bertz CT molecular complexity index is 391. The summed E-state index contributed by atoms with van der Waals surface area (Å²) in [5.74, 6) is 1.38. The Morgan fingerprint density at radius 3 is 2.55 bits per heavy atom. The van der Waals surface area contributed by atoms with E-state index in [-0.39, 0.29) is 11.9 Å². The Kier molecular flexibility index (Phi) is 3.85. The van der Waals surface area contributed by atoms with Crippen LogP contribution in [-0.2, 0) is 4.79 Å². The third-order valence-corrected chi connectivity index (χ3v) is 5.15. The summed E-state index contributed by atoms with van der Waals surface area (Å²) in [6.45, 7) is 5.67. The number of rotatable bonds is 0. The fourth-order valence-corrected chi connectivity index (χ4v) is 3.68. The number of hydrogen-bond donors (Lipinski definition) is 1. The van der Waals surface area contributed by atoms with Crippen LogP contribution in [0.2, 0.25) is 0 Å². The van der Waals surface area contributed by atoms with E-state index >= 15 is 0 Å². The second kappa shape index (κ2) is 5.62. The first-order chi connectivity index (χ1) is 9.63. The Morgan fingerprint density at radius 2 is 1.80 bits per heavy atom. The molecule has 20 heavy (non-hydrogen) atoms. The van der Waals surface area contributed by atoms with Gasteiger partial charge in [-0.1, -0.05) is 6.92 Å². The summed E-state index contributed by atoms with van der Waals surface area (Å²) in [5.41, 5.74) is 0. The third-order valence-electron chi connectivity index (χ3n) is 5.15. The zero-order valence-corrected chi connectivity index (χ0v) is 12.3. The van der Waals surface area contributed by atoms with Crippen molar-refractivity contribution in [3.8, 4) is 0 Å². The Morgan fingerprint density at radius 1 is 1.10 bits per heavy atom. The molecule has 0 spiro atoms. The first kappa shape index (κ1) is 13.7. The number of nitrogens with zero attached hydrogens (tertiary/aromatic N) is 2. The average Bonchev–Trinajstić information content (AvgIpc) is 2.47. The quantitative estimate of drug-likeness (QED) is 0.729. The van der Waals surface area contributed by atoms with Crippen LogP contribution in [0.5, 0.6) is 0 Å². The van der Waals surface area contributed by atoms with Crippen molar-refractivity contribution in [2.45, 2.75) is 45.1 Å². The van der Waals surface area contributed by atoms with Gasteiger partial charge in [0.15, 0.2) is 0 Å². The molecule has 3 amide bonds. The molecule has 3 fully saturated rings. The van der Waals surface area contributed by atoms with E-state index in [9.17, 15) is 9.59 Å². The van der Waals surface area contributed by atoms with Crippen LogP contribution in [0.4, 0.5) is 4.79 Å². The van der Waals surface area contributed by atoms with Crippen LogP contribution in [0.1, 0.15) is 39.0 Å². The minimum Gasteiger partial charge on any atom is -0.353 e. The summed E-state index contributed by atoms with van der Waals surface area (Å²) in [4.78, 5) is 28.0. The van der Waals surface area contributed by atoms with E-state index in [1.165, 1.54) is 0 Å². The van der Waals surface area contributed by atoms with Crippen LogP contribution in [0, 0.1) is 11.8 Å². The van der Waals surface area contributed by atoms with Gasteiger partial charge in [-0.05, 0) is 37.5 Å². The molecule has 0 bridgehead atoms. The highest BCUT2D eigenvalue weighted by molar-refractivity contribution is 5.77. The van der Waals surface area contributed by atoms with Gasteiger partial charge in [0, 0.05) is 38.6 Å². The second-order valence-electron chi connectivity index (χ2n) is 6.66. The Hall–Kier alpha value is -1.26. The van der Waals surface area contributed by atoms with E-state index in [0.717, 1.165) is 57.8 Å². The molecule has 0 saturated carbocycles. The number of amides is 3. The molecular formula is C15H25N3O2. The first-order valence-electron chi connectivity index (χ1n) is 7.96. The lowest BCUT2D eigenvalue weighted by molar-refractivity contribution is -0.125. The summed E-state index contributed by atoms with van der Waals surface area (Å²) in [5, 5.41) is 3.07. The minimum absolute atomic E-state index is 0.177. The maximum absolute atomic E-state index is 12.6. The van der Waals surface area contributed by atoms with Crippen molar-refractivity contribution in [1.82, 2.24) is 15.1 Å². The SMILES string of the molecule is CC1CCN(C(=O)N2CCC3NC(=O)CCC3C2)CC1. The minimum atomic E-state index is 0.177. The summed E-state index contributed by atoms with van der Waals surface area (Å²) in [6, 6.07) is 0.508. The molecule has 0 aromatic heterocycles. The van der Waals surface area contributed by atoms with Gasteiger partial charge >= 0.3 is 6.03 Å². The lowest BCUT2D eigenvalue weighted by Gasteiger charge is -2.43. The molecule has 5 nitrogen and oxygen atoms in total.